The monoisotopic (exact) mass is 347 g/mol. The molecule has 3 rings (SSSR count). The number of hydrogen-bond donors (Lipinski definition) is 1. The van der Waals surface area contributed by atoms with E-state index in [1.165, 1.54) is 0 Å². The van der Waals surface area contributed by atoms with Crippen LogP contribution >= 0.6 is 0 Å². The van der Waals surface area contributed by atoms with E-state index in [2.05, 4.69) is 12.2 Å². The van der Waals surface area contributed by atoms with Crippen molar-refractivity contribution in [2.24, 2.45) is 5.92 Å². The summed E-state index contributed by atoms with van der Waals surface area (Å²) in [6.07, 6.45) is 2.07. The minimum atomic E-state index is -0.272. The fourth-order valence-corrected chi connectivity index (χ4v) is 3.03. The number of amides is 2. The highest BCUT2D eigenvalue weighted by Crippen LogP contribution is 2.19. The van der Waals surface area contributed by atoms with Crippen LogP contribution in [0.25, 0.3) is 0 Å². The third-order valence-electron chi connectivity index (χ3n) is 4.71. The number of rotatable bonds is 3. The Balaban J connectivity index is 1.66. The lowest BCUT2D eigenvalue weighted by Crippen LogP contribution is -2.37. The Bertz CT molecular complexity index is 844. The smallest absolute Gasteiger partial charge is 0.255 e. The van der Waals surface area contributed by atoms with E-state index in [0.29, 0.717) is 28.3 Å². The molecule has 132 valence electrons. The van der Waals surface area contributed by atoms with Crippen molar-refractivity contribution in [1.82, 2.24) is 4.90 Å². The number of nitriles is 1. The SMILES string of the molecule is CC1CCN(C(=O)c2ccc(C(=O)Nc3cccc(C#N)c3)cc2)CC1. The highest BCUT2D eigenvalue weighted by molar-refractivity contribution is 6.05. The molecule has 0 atom stereocenters. The molecule has 5 heteroatoms. The second kappa shape index (κ2) is 7.83. The molecule has 2 aromatic rings. The first-order chi connectivity index (χ1) is 12.6. The molecule has 0 unspecified atom stereocenters. The normalized spacial score (nSPS) is 14.5. The molecular weight excluding hydrogens is 326 g/mol. The molecular formula is C21H21N3O2. The fourth-order valence-electron chi connectivity index (χ4n) is 3.03. The van der Waals surface area contributed by atoms with Crippen LogP contribution in [0.2, 0.25) is 0 Å². The summed E-state index contributed by atoms with van der Waals surface area (Å²) < 4.78 is 0. The minimum absolute atomic E-state index is 0.0191. The molecule has 0 aliphatic carbocycles. The quantitative estimate of drug-likeness (QED) is 0.920. The maximum absolute atomic E-state index is 12.5. The largest absolute Gasteiger partial charge is 0.339 e. The van der Waals surface area contributed by atoms with Gasteiger partial charge in [0.2, 0.25) is 0 Å². The van der Waals surface area contributed by atoms with Crippen LogP contribution in [0.1, 0.15) is 46.0 Å². The molecule has 0 aromatic heterocycles. The standard InChI is InChI=1S/C21H21N3O2/c1-15-9-11-24(12-10-15)21(26)18-7-5-17(6-8-18)20(25)23-19-4-2-3-16(13-19)14-22/h2-8,13,15H,9-12H2,1H3,(H,23,25). The Kier molecular flexibility index (Phi) is 5.33. The average molecular weight is 347 g/mol. The fraction of sp³-hybridized carbons (Fsp3) is 0.286. The van der Waals surface area contributed by atoms with Crippen LogP contribution in [0.4, 0.5) is 5.69 Å². The van der Waals surface area contributed by atoms with Gasteiger partial charge in [0.05, 0.1) is 11.6 Å². The van der Waals surface area contributed by atoms with Crippen molar-refractivity contribution in [3.63, 3.8) is 0 Å². The predicted octanol–water partition coefficient (Wildman–Crippen LogP) is 3.68. The Morgan fingerprint density at radius 2 is 1.73 bits per heavy atom. The first-order valence-corrected chi connectivity index (χ1v) is 8.77. The van der Waals surface area contributed by atoms with E-state index in [1.54, 1.807) is 48.5 Å². The van der Waals surface area contributed by atoms with E-state index in [9.17, 15) is 9.59 Å². The lowest BCUT2D eigenvalue weighted by molar-refractivity contribution is 0.0697. The van der Waals surface area contributed by atoms with Crippen LogP contribution in [0, 0.1) is 17.2 Å². The van der Waals surface area contributed by atoms with Crippen LogP contribution in [-0.2, 0) is 0 Å². The van der Waals surface area contributed by atoms with Gasteiger partial charge in [-0.1, -0.05) is 13.0 Å². The zero-order valence-electron chi connectivity index (χ0n) is 14.7. The first-order valence-electron chi connectivity index (χ1n) is 8.77. The molecule has 0 saturated carbocycles. The molecule has 1 saturated heterocycles. The summed E-state index contributed by atoms with van der Waals surface area (Å²) in [4.78, 5) is 26.8. The first kappa shape index (κ1) is 17.7. The minimum Gasteiger partial charge on any atom is -0.339 e. The van der Waals surface area contributed by atoms with E-state index in [-0.39, 0.29) is 11.8 Å². The number of piperidine rings is 1. The lowest BCUT2D eigenvalue weighted by Gasteiger charge is -2.30. The van der Waals surface area contributed by atoms with Crippen molar-refractivity contribution in [3.8, 4) is 6.07 Å². The molecule has 5 nitrogen and oxygen atoms in total. The highest BCUT2D eigenvalue weighted by atomic mass is 16.2. The Labute approximate surface area is 153 Å². The van der Waals surface area contributed by atoms with Gasteiger partial charge < -0.3 is 10.2 Å². The van der Waals surface area contributed by atoms with Gasteiger partial charge in [0, 0.05) is 29.9 Å². The summed E-state index contributed by atoms with van der Waals surface area (Å²) in [6.45, 7) is 3.79. The predicted molar refractivity (Wildman–Crippen MR) is 99.9 cm³/mol. The topological polar surface area (TPSA) is 73.2 Å². The van der Waals surface area contributed by atoms with Gasteiger partial charge in [0.1, 0.15) is 0 Å². The molecule has 1 aliphatic rings. The van der Waals surface area contributed by atoms with Gasteiger partial charge in [-0.25, -0.2) is 0 Å². The molecule has 26 heavy (non-hydrogen) atoms. The summed E-state index contributed by atoms with van der Waals surface area (Å²) >= 11 is 0. The van der Waals surface area contributed by atoms with Gasteiger partial charge in [-0.05, 0) is 61.2 Å². The van der Waals surface area contributed by atoms with Crippen molar-refractivity contribution in [3.05, 3.63) is 65.2 Å². The van der Waals surface area contributed by atoms with Crippen molar-refractivity contribution >= 4 is 17.5 Å². The van der Waals surface area contributed by atoms with Crippen molar-refractivity contribution < 1.29 is 9.59 Å². The van der Waals surface area contributed by atoms with Crippen LogP contribution in [0.5, 0.6) is 0 Å². The number of benzene rings is 2. The van der Waals surface area contributed by atoms with E-state index in [1.807, 2.05) is 11.0 Å². The Morgan fingerprint density at radius 3 is 2.38 bits per heavy atom. The Hall–Kier alpha value is -3.13. The van der Waals surface area contributed by atoms with Crippen molar-refractivity contribution in [2.45, 2.75) is 19.8 Å². The number of carbonyl (C=O) groups is 2. The molecule has 2 amide bonds. The van der Waals surface area contributed by atoms with E-state index in [4.69, 9.17) is 5.26 Å². The molecule has 0 radical (unpaired) electrons. The molecule has 1 N–H and O–H groups in total. The van der Waals surface area contributed by atoms with Gasteiger partial charge in [-0.15, -0.1) is 0 Å². The van der Waals surface area contributed by atoms with E-state index < -0.39 is 0 Å². The summed E-state index contributed by atoms with van der Waals surface area (Å²) in [5.41, 5.74) is 2.12. The summed E-state index contributed by atoms with van der Waals surface area (Å²) in [7, 11) is 0. The van der Waals surface area contributed by atoms with E-state index >= 15 is 0 Å². The maximum Gasteiger partial charge on any atom is 0.255 e. The van der Waals surface area contributed by atoms with Crippen LogP contribution in [0.3, 0.4) is 0 Å². The second-order valence-electron chi connectivity index (χ2n) is 6.70. The van der Waals surface area contributed by atoms with Crippen LogP contribution < -0.4 is 5.32 Å². The van der Waals surface area contributed by atoms with Crippen LogP contribution in [0.15, 0.2) is 48.5 Å². The van der Waals surface area contributed by atoms with Crippen molar-refractivity contribution in [2.75, 3.05) is 18.4 Å². The molecule has 1 aliphatic heterocycles. The number of hydrogen-bond acceptors (Lipinski definition) is 3. The van der Waals surface area contributed by atoms with Gasteiger partial charge in [0.15, 0.2) is 0 Å². The van der Waals surface area contributed by atoms with Gasteiger partial charge in [-0.3, -0.25) is 9.59 Å². The number of carbonyl (C=O) groups excluding carboxylic acids is 2. The third kappa shape index (κ3) is 4.09. The average Bonchev–Trinajstić information content (AvgIpc) is 2.68. The molecule has 0 bridgehead atoms. The molecule has 0 spiro atoms. The molecule has 2 aromatic carbocycles. The zero-order valence-corrected chi connectivity index (χ0v) is 14.7. The number of nitrogens with zero attached hydrogens (tertiary/aromatic N) is 2. The van der Waals surface area contributed by atoms with Gasteiger partial charge >= 0.3 is 0 Å². The maximum atomic E-state index is 12.5. The number of anilines is 1. The van der Waals surface area contributed by atoms with E-state index in [0.717, 1.165) is 25.9 Å². The Morgan fingerprint density at radius 1 is 1.08 bits per heavy atom. The van der Waals surface area contributed by atoms with Crippen LogP contribution in [-0.4, -0.2) is 29.8 Å². The highest BCUT2D eigenvalue weighted by Gasteiger charge is 2.21. The zero-order chi connectivity index (χ0) is 18.5. The van der Waals surface area contributed by atoms with Crippen molar-refractivity contribution in [1.29, 1.82) is 5.26 Å². The number of likely N-dealkylation sites (tertiary alicyclic amines) is 1. The lowest BCUT2D eigenvalue weighted by atomic mass is 9.98. The number of nitrogens with one attached hydrogen (secondary N) is 1. The summed E-state index contributed by atoms with van der Waals surface area (Å²) in [5, 5.41) is 11.7. The molecule has 1 heterocycles. The van der Waals surface area contributed by atoms with Gasteiger partial charge in [-0.2, -0.15) is 5.26 Å². The third-order valence-corrected chi connectivity index (χ3v) is 4.71. The molecule has 1 fully saturated rings. The summed E-state index contributed by atoms with van der Waals surface area (Å²) in [6, 6.07) is 15.5. The summed E-state index contributed by atoms with van der Waals surface area (Å²) in [5.74, 6) is 0.418. The second-order valence-corrected chi connectivity index (χ2v) is 6.70. The van der Waals surface area contributed by atoms with Gasteiger partial charge in [0.25, 0.3) is 11.8 Å².